The molecule has 0 saturated carbocycles. The molecule has 0 aromatic heterocycles. The van der Waals surface area contributed by atoms with Gasteiger partial charge in [0.1, 0.15) is 6.61 Å². The van der Waals surface area contributed by atoms with Crippen molar-refractivity contribution >= 4 is 41.2 Å². The summed E-state index contributed by atoms with van der Waals surface area (Å²) in [4.78, 5) is 26.9. The SMILES string of the molecule is COc1cc(/C=N\NC(=O)c2ccc(Cl)cc2Cl)ccc1OCc1ccc(C(=O)N2CCCCC2)cc1. The van der Waals surface area contributed by atoms with E-state index in [1.54, 1.807) is 31.4 Å². The van der Waals surface area contributed by atoms with E-state index in [1.807, 2.05) is 29.2 Å². The summed E-state index contributed by atoms with van der Waals surface area (Å²) < 4.78 is 11.4. The zero-order valence-electron chi connectivity index (χ0n) is 20.4. The van der Waals surface area contributed by atoms with Crippen LogP contribution in [0.25, 0.3) is 0 Å². The molecule has 3 aromatic carbocycles. The van der Waals surface area contributed by atoms with Crippen LogP contribution >= 0.6 is 23.2 Å². The minimum Gasteiger partial charge on any atom is -0.493 e. The standard InChI is InChI=1S/C28H27Cl2N3O4/c1-36-26-15-20(17-31-32-27(34)23-11-10-22(29)16-24(23)30)7-12-25(26)37-18-19-5-8-21(9-6-19)28(35)33-13-3-2-4-14-33/h5-12,15-17H,2-4,13-14,18H2,1H3,(H,32,34)/b31-17-. The number of amides is 2. The molecule has 192 valence electrons. The number of nitrogens with zero attached hydrogens (tertiary/aromatic N) is 2. The summed E-state index contributed by atoms with van der Waals surface area (Å²) in [6, 6.07) is 17.4. The number of hydrogen-bond acceptors (Lipinski definition) is 5. The highest BCUT2D eigenvalue weighted by atomic mass is 35.5. The molecule has 1 saturated heterocycles. The van der Waals surface area contributed by atoms with E-state index in [4.69, 9.17) is 32.7 Å². The number of hydrazone groups is 1. The van der Waals surface area contributed by atoms with Crippen molar-refractivity contribution in [1.29, 1.82) is 0 Å². The number of methoxy groups -OCH3 is 1. The molecule has 1 aliphatic rings. The molecule has 0 bridgehead atoms. The first-order chi connectivity index (χ1) is 17.9. The Bertz CT molecular complexity index is 1290. The van der Waals surface area contributed by atoms with Crippen molar-refractivity contribution in [1.82, 2.24) is 10.3 Å². The third-order valence-corrected chi connectivity index (χ3v) is 6.53. The normalized spacial score (nSPS) is 13.4. The van der Waals surface area contributed by atoms with Crippen LogP contribution in [0.5, 0.6) is 11.5 Å². The number of carbonyl (C=O) groups is 2. The van der Waals surface area contributed by atoms with Crippen LogP contribution in [0.4, 0.5) is 0 Å². The van der Waals surface area contributed by atoms with Crippen molar-refractivity contribution in [3.8, 4) is 11.5 Å². The average molecular weight is 540 g/mol. The number of nitrogens with one attached hydrogen (secondary N) is 1. The molecule has 1 heterocycles. The lowest BCUT2D eigenvalue weighted by Gasteiger charge is -2.26. The lowest BCUT2D eigenvalue weighted by Crippen LogP contribution is -2.35. The van der Waals surface area contributed by atoms with E-state index in [0.29, 0.717) is 34.3 Å². The molecule has 37 heavy (non-hydrogen) atoms. The van der Waals surface area contributed by atoms with Crippen molar-refractivity contribution in [3.05, 3.63) is 93.0 Å². The van der Waals surface area contributed by atoms with Crippen LogP contribution in [-0.2, 0) is 6.61 Å². The first kappa shape index (κ1) is 26.5. The fourth-order valence-electron chi connectivity index (χ4n) is 3.97. The van der Waals surface area contributed by atoms with Gasteiger partial charge in [0.05, 0.1) is 23.9 Å². The van der Waals surface area contributed by atoms with E-state index in [1.165, 1.54) is 24.8 Å². The minimum atomic E-state index is -0.450. The summed E-state index contributed by atoms with van der Waals surface area (Å²) in [5.41, 5.74) is 5.05. The van der Waals surface area contributed by atoms with Crippen LogP contribution in [0.3, 0.4) is 0 Å². The Morgan fingerprint density at radius 3 is 2.43 bits per heavy atom. The van der Waals surface area contributed by atoms with E-state index < -0.39 is 5.91 Å². The predicted molar refractivity (Wildman–Crippen MR) is 145 cm³/mol. The molecular formula is C28H27Cl2N3O4. The molecular weight excluding hydrogens is 513 g/mol. The highest BCUT2D eigenvalue weighted by Crippen LogP contribution is 2.28. The van der Waals surface area contributed by atoms with Gasteiger partial charge in [0, 0.05) is 23.7 Å². The van der Waals surface area contributed by atoms with E-state index in [0.717, 1.165) is 31.5 Å². The van der Waals surface area contributed by atoms with Crippen LogP contribution in [-0.4, -0.2) is 43.1 Å². The van der Waals surface area contributed by atoms with E-state index >= 15 is 0 Å². The number of carbonyl (C=O) groups excluding carboxylic acids is 2. The second-order valence-electron chi connectivity index (χ2n) is 8.57. The number of rotatable bonds is 8. The van der Waals surface area contributed by atoms with Gasteiger partial charge in [-0.25, -0.2) is 5.43 Å². The minimum absolute atomic E-state index is 0.0820. The Kier molecular flexibility index (Phi) is 9.04. The highest BCUT2D eigenvalue weighted by Gasteiger charge is 2.18. The molecule has 4 rings (SSSR count). The lowest BCUT2D eigenvalue weighted by molar-refractivity contribution is 0.0724. The molecule has 1 fully saturated rings. The Hall–Kier alpha value is -3.55. The number of ether oxygens (including phenoxy) is 2. The molecule has 0 radical (unpaired) electrons. The summed E-state index contributed by atoms with van der Waals surface area (Å²) in [6.07, 6.45) is 4.81. The van der Waals surface area contributed by atoms with Gasteiger partial charge in [0.2, 0.25) is 0 Å². The number of benzene rings is 3. The van der Waals surface area contributed by atoms with E-state index in [9.17, 15) is 9.59 Å². The molecule has 0 spiro atoms. The highest BCUT2D eigenvalue weighted by molar-refractivity contribution is 6.36. The molecule has 2 amide bonds. The third kappa shape index (κ3) is 7.02. The predicted octanol–water partition coefficient (Wildman–Crippen LogP) is 5.97. The number of likely N-dealkylation sites (tertiary alicyclic amines) is 1. The molecule has 9 heteroatoms. The van der Waals surface area contributed by atoms with Gasteiger partial charge in [0.15, 0.2) is 11.5 Å². The van der Waals surface area contributed by atoms with Crippen LogP contribution in [0.15, 0.2) is 65.8 Å². The monoisotopic (exact) mass is 539 g/mol. The van der Waals surface area contributed by atoms with Crippen molar-refractivity contribution in [2.45, 2.75) is 25.9 Å². The number of piperidine rings is 1. The molecule has 0 atom stereocenters. The Labute approximate surface area is 226 Å². The van der Waals surface area contributed by atoms with E-state index in [2.05, 4.69) is 10.5 Å². The Morgan fingerprint density at radius 2 is 1.73 bits per heavy atom. The zero-order chi connectivity index (χ0) is 26.2. The lowest BCUT2D eigenvalue weighted by atomic mass is 10.1. The first-order valence-corrected chi connectivity index (χ1v) is 12.7. The van der Waals surface area contributed by atoms with Gasteiger partial charge < -0.3 is 14.4 Å². The van der Waals surface area contributed by atoms with Crippen molar-refractivity contribution in [2.75, 3.05) is 20.2 Å². The summed E-state index contributed by atoms with van der Waals surface area (Å²) in [5, 5.41) is 4.68. The summed E-state index contributed by atoms with van der Waals surface area (Å²) >= 11 is 11.9. The molecule has 3 aromatic rings. The smallest absolute Gasteiger partial charge is 0.272 e. The van der Waals surface area contributed by atoms with Gasteiger partial charge in [0.25, 0.3) is 11.8 Å². The molecule has 7 nitrogen and oxygen atoms in total. The fraction of sp³-hybridized carbons (Fsp3) is 0.250. The Morgan fingerprint density at radius 1 is 0.973 bits per heavy atom. The summed E-state index contributed by atoms with van der Waals surface area (Å²) in [7, 11) is 1.55. The van der Waals surface area contributed by atoms with Crippen LogP contribution in [0.2, 0.25) is 10.0 Å². The quantitative estimate of drug-likeness (QED) is 0.282. The van der Waals surface area contributed by atoms with E-state index in [-0.39, 0.29) is 16.5 Å². The maximum Gasteiger partial charge on any atom is 0.272 e. The van der Waals surface area contributed by atoms with Crippen molar-refractivity contribution in [2.24, 2.45) is 5.10 Å². The third-order valence-electron chi connectivity index (χ3n) is 5.98. The van der Waals surface area contributed by atoms with Crippen LogP contribution in [0, 0.1) is 0 Å². The average Bonchev–Trinajstić information content (AvgIpc) is 2.92. The topological polar surface area (TPSA) is 80.2 Å². The first-order valence-electron chi connectivity index (χ1n) is 11.9. The van der Waals surface area contributed by atoms with Gasteiger partial charge in [-0.2, -0.15) is 5.10 Å². The van der Waals surface area contributed by atoms with Gasteiger partial charge in [-0.1, -0.05) is 35.3 Å². The fourth-order valence-corrected chi connectivity index (χ4v) is 4.46. The van der Waals surface area contributed by atoms with Gasteiger partial charge in [-0.15, -0.1) is 0 Å². The molecule has 1 aliphatic heterocycles. The second-order valence-corrected chi connectivity index (χ2v) is 9.42. The Balaban J connectivity index is 1.33. The second kappa shape index (κ2) is 12.6. The van der Waals surface area contributed by atoms with Gasteiger partial charge >= 0.3 is 0 Å². The largest absolute Gasteiger partial charge is 0.493 e. The maximum absolute atomic E-state index is 12.7. The zero-order valence-corrected chi connectivity index (χ0v) is 21.9. The number of hydrogen-bond donors (Lipinski definition) is 1. The van der Waals surface area contributed by atoms with Crippen molar-refractivity contribution in [3.63, 3.8) is 0 Å². The van der Waals surface area contributed by atoms with Crippen LogP contribution in [0.1, 0.15) is 51.1 Å². The van der Waals surface area contributed by atoms with Gasteiger partial charge in [-0.05, 0) is 78.9 Å². The van der Waals surface area contributed by atoms with Crippen LogP contribution < -0.4 is 14.9 Å². The van der Waals surface area contributed by atoms with Crippen molar-refractivity contribution < 1.29 is 19.1 Å². The van der Waals surface area contributed by atoms with Gasteiger partial charge in [-0.3, -0.25) is 9.59 Å². The molecule has 0 unspecified atom stereocenters. The maximum atomic E-state index is 12.7. The molecule has 0 aliphatic carbocycles. The summed E-state index contributed by atoms with van der Waals surface area (Å²) in [6.45, 7) is 1.97. The molecule has 1 N–H and O–H groups in total. The number of halogens is 2. The summed E-state index contributed by atoms with van der Waals surface area (Å²) in [5.74, 6) is 0.713.